The maximum atomic E-state index is 16.8. The molecule has 1 saturated carbocycles. The summed E-state index contributed by atoms with van der Waals surface area (Å²) >= 11 is 0.789. The van der Waals surface area contributed by atoms with Gasteiger partial charge in [0.2, 0.25) is 0 Å². The van der Waals surface area contributed by atoms with Gasteiger partial charge in [-0.3, -0.25) is 4.90 Å². The van der Waals surface area contributed by atoms with Crippen molar-refractivity contribution in [2.24, 2.45) is 11.8 Å². The molecule has 4 fully saturated rings. The summed E-state index contributed by atoms with van der Waals surface area (Å²) < 4.78 is 81.7. The number of hydrogen-bond donors (Lipinski definition) is 3. The van der Waals surface area contributed by atoms with Gasteiger partial charge in [-0.25, -0.2) is 13.8 Å². The van der Waals surface area contributed by atoms with E-state index >= 15 is 4.39 Å². The number of nitrogen functional groups attached to an aromatic ring is 1. The van der Waals surface area contributed by atoms with Crippen LogP contribution in [0.5, 0.6) is 6.01 Å². The average Bonchev–Trinajstić information content (AvgIpc) is 3.79. The van der Waals surface area contributed by atoms with Gasteiger partial charge in [0.15, 0.2) is 10.9 Å². The van der Waals surface area contributed by atoms with Crippen LogP contribution >= 0.6 is 11.3 Å². The lowest BCUT2D eigenvalue weighted by Crippen LogP contribution is -2.43. The number of ether oxygens (including phenoxy) is 1. The van der Waals surface area contributed by atoms with E-state index in [0.29, 0.717) is 18.4 Å². The maximum absolute atomic E-state index is 16.8. The monoisotopic (exact) mass is 645 g/mol. The number of hydrogen-bond acceptors (Lipinski definition) is 9. The van der Waals surface area contributed by atoms with Crippen LogP contribution in [0.2, 0.25) is 0 Å². The predicted molar refractivity (Wildman–Crippen MR) is 162 cm³/mol. The van der Waals surface area contributed by atoms with Gasteiger partial charge in [-0.2, -0.15) is 23.1 Å². The van der Waals surface area contributed by atoms with Crippen LogP contribution in [0.4, 0.5) is 32.9 Å². The van der Waals surface area contributed by atoms with Gasteiger partial charge in [0.05, 0.1) is 21.3 Å². The lowest BCUT2D eigenvalue weighted by Gasteiger charge is -2.31. The van der Waals surface area contributed by atoms with Gasteiger partial charge in [0.25, 0.3) is 0 Å². The number of halogens is 5. The Balaban J connectivity index is 1.28. The van der Waals surface area contributed by atoms with Crippen LogP contribution in [0.3, 0.4) is 0 Å². The Morgan fingerprint density at radius 1 is 1.04 bits per heavy atom. The Bertz CT molecular complexity index is 1790. The van der Waals surface area contributed by atoms with E-state index in [-0.39, 0.29) is 55.2 Å². The minimum absolute atomic E-state index is 0.0422. The summed E-state index contributed by atoms with van der Waals surface area (Å²) in [6.45, 7) is 4.06. The van der Waals surface area contributed by atoms with Crippen LogP contribution in [0.1, 0.15) is 44.1 Å². The summed E-state index contributed by atoms with van der Waals surface area (Å²) in [6, 6.07) is 2.85. The smallest absolute Gasteiger partial charge is 0.417 e. The van der Waals surface area contributed by atoms with Gasteiger partial charge in [-0.15, -0.1) is 0 Å². The Morgan fingerprint density at radius 3 is 2.49 bits per heavy atom. The van der Waals surface area contributed by atoms with Crippen molar-refractivity contribution in [1.82, 2.24) is 25.2 Å². The average molecular weight is 646 g/mol. The van der Waals surface area contributed by atoms with Gasteiger partial charge >= 0.3 is 12.2 Å². The second kappa shape index (κ2) is 10.6. The van der Waals surface area contributed by atoms with Crippen molar-refractivity contribution in [3.63, 3.8) is 0 Å². The molecule has 0 radical (unpaired) electrons. The number of benzene rings is 2. The third kappa shape index (κ3) is 4.87. The summed E-state index contributed by atoms with van der Waals surface area (Å²) in [7, 11) is 0. The van der Waals surface area contributed by atoms with Crippen molar-refractivity contribution in [2.45, 2.75) is 56.3 Å². The zero-order valence-electron chi connectivity index (χ0n) is 24.3. The van der Waals surface area contributed by atoms with Gasteiger partial charge in [0.1, 0.15) is 23.8 Å². The van der Waals surface area contributed by atoms with Crippen LogP contribution in [0.25, 0.3) is 32.2 Å². The predicted octanol–water partition coefficient (Wildman–Crippen LogP) is 6.20. The van der Waals surface area contributed by atoms with Crippen LogP contribution in [0, 0.1) is 23.5 Å². The van der Waals surface area contributed by atoms with E-state index in [0.717, 1.165) is 94.2 Å². The lowest BCUT2D eigenvalue weighted by atomic mass is 9.95. The molecule has 0 amide bonds. The zero-order valence-corrected chi connectivity index (χ0v) is 25.1. The second-order valence-corrected chi connectivity index (χ2v) is 13.9. The molecule has 14 heteroatoms. The van der Waals surface area contributed by atoms with Crippen molar-refractivity contribution < 1.29 is 26.7 Å². The number of nitrogens with two attached hydrogens (primary N) is 1. The molecule has 2 aromatic carbocycles. The lowest BCUT2D eigenvalue weighted by molar-refractivity contribution is -0.137. The number of fused-ring (bicyclic) bond motifs is 4. The van der Waals surface area contributed by atoms with Crippen molar-refractivity contribution in [1.29, 1.82) is 0 Å². The summed E-state index contributed by atoms with van der Waals surface area (Å²) in [5.74, 6) is -0.879. The number of anilines is 2. The standard InChI is InChI=1S/C31H32F5N7OS/c32-21-4-3-18(25-26(21)45-28(37)40-25)22-20(31(34,35)36)11-19-24(23(22)33)41-29(44-14-30-5-1-7-43(30)8-2-6-30)42-27(19)39-17-9-15-12-38-13-16(15)10-17/h3-4,11,15-17,38H,1-2,5-10,12-14H2,(H2,37,40)(H,39,41,42)/t15-,16+,17?. The molecule has 2 aromatic heterocycles. The number of nitrogens with zero attached hydrogens (tertiary/aromatic N) is 4. The van der Waals surface area contributed by atoms with Gasteiger partial charge in [-0.05, 0) is 94.7 Å². The molecule has 238 valence electrons. The normalized spacial score (nSPS) is 24.5. The Kier molecular flexibility index (Phi) is 6.84. The van der Waals surface area contributed by atoms with Crippen LogP contribution in [0.15, 0.2) is 18.2 Å². The van der Waals surface area contributed by atoms with E-state index in [2.05, 4.69) is 30.5 Å². The van der Waals surface area contributed by atoms with Crippen molar-refractivity contribution in [2.75, 3.05) is 43.8 Å². The molecular formula is C31H32F5N7OS. The molecule has 0 bridgehead atoms. The van der Waals surface area contributed by atoms with E-state index in [1.54, 1.807) is 0 Å². The van der Waals surface area contributed by atoms with Gasteiger partial charge in [-0.1, -0.05) is 11.3 Å². The molecule has 0 spiro atoms. The molecule has 8 nitrogen and oxygen atoms in total. The van der Waals surface area contributed by atoms with E-state index in [4.69, 9.17) is 10.5 Å². The van der Waals surface area contributed by atoms with Gasteiger partial charge < -0.3 is 21.1 Å². The fourth-order valence-electron chi connectivity index (χ4n) is 8.20. The SMILES string of the molecule is Nc1nc2c(-c3c(C(F)(F)F)cc4c(NC5C[C@H]6CNC[C@H]6C5)nc(OCC56CCCN5CCC6)nc4c3F)ccc(F)c2s1. The molecule has 4 aromatic rings. The number of nitrogens with one attached hydrogen (secondary N) is 2. The van der Waals surface area contributed by atoms with E-state index in [1.165, 1.54) is 0 Å². The number of alkyl halides is 3. The Morgan fingerprint density at radius 2 is 1.78 bits per heavy atom. The molecule has 45 heavy (non-hydrogen) atoms. The van der Waals surface area contributed by atoms with E-state index < -0.39 is 28.9 Å². The van der Waals surface area contributed by atoms with Gasteiger partial charge in [0, 0.05) is 22.6 Å². The largest absolute Gasteiger partial charge is 0.461 e. The summed E-state index contributed by atoms with van der Waals surface area (Å²) in [5.41, 5.74) is 3.00. The first-order valence-electron chi connectivity index (χ1n) is 15.4. The molecule has 3 atom stereocenters. The van der Waals surface area contributed by atoms with Crippen LogP contribution < -0.4 is 21.1 Å². The highest BCUT2D eigenvalue weighted by Crippen LogP contribution is 2.46. The highest BCUT2D eigenvalue weighted by Gasteiger charge is 2.45. The quantitative estimate of drug-likeness (QED) is 0.213. The molecule has 3 saturated heterocycles. The van der Waals surface area contributed by atoms with Crippen molar-refractivity contribution >= 4 is 43.4 Å². The Labute approximate surface area is 259 Å². The molecule has 1 aliphatic carbocycles. The third-order valence-electron chi connectivity index (χ3n) is 10.3. The first-order valence-corrected chi connectivity index (χ1v) is 16.2. The fourth-order valence-corrected chi connectivity index (χ4v) is 8.96. The molecule has 1 unspecified atom stereocenters. The number of thiazole rings is 1. The molecule has 5 heterocycles. The van der Waals surface area contributed by atoms with Crippen molar-refractivity contribution in [3.8, 4) is 17.1 Å². The van der Waals surface area contributed by atoms with E-state index in [1.807, 2.05) is 0 Å². The zero-order chi connectivity index (χ0) is 31.1. The summed E-state index contributed by atoms with van der Waals surface area (Å²) in [6.07, 6.45) is 0.734. The minimum Gasteiger partial charge on any atom is -0.461 e. The number of rotatable bonds is 6. The molecule has 4 aliphatic rings. The first kappa shape index (κ1) is 29.1. The molecule has 4 N–H and O–H groups in total. The summed E-state index contributed by atoms with van der Waals surface area (Å²) in [4.78, 5) is 15.4. The third-order valence-corrected chi connectivity index (χ3v) is 11.2. The fraction of sp³-hybridized carbons (Fsp3) is 0.516. The van der Waals surface area contributed by atoms with E-state index in [9.17, 15) is 17.6 Å². The summed E-state index contributed by atoms with van der Waals surface area (Å²) in [5, 5.41) is 6.61. The maximum Gasteiger partial charge on any atom is 0.417 e. The van der Waals surface area contributed by atoms with Crippen LogP contribution in [-0.2, 0) is 6.18 Å². The Hall–Kier alpha value is -3.36. The molecule has 8 rings (SSSR count). The molecular weight excluding hydrogens is 613 g/mol. The molecule has 3 aliphatic heterocycles. The van der Waals surface area contributed by atoms with Crippen LogP contribution in [-0.4, -0.2) is 64.2 Å². The highest BCUT2D eigenvalue weighted by atomic mass is 32.1. The number of aromatic nitrogens is 3. The second-order valence-electron chi connectivity index (χ2n) is 12.9. The highest BCUT2D eigenvalue weighted by molar-refractivity contribution is 7.22. The first-order chi connectivity index (χ1) is 21.6. The minimum atomic E-state index is -4.96. The topological polar surface area (TPSA) is 101 Å². The van der Waals surface area contributed by atoms with Crippen molar-refractivity contribution in [3.05, 3.63) is 35.4 Å².